The van der Waals surface area contributed by atoms with Crippen LogP contribution in [0.15, 0.2) is 77.8 Å². The van der Waals surface area contributed by atoms with Crippen LogP contribution in [0, 0.1) is 5.92 Å². The molecule has 0 aromatic carbocycles. The number of rotatable bonds is 47. The molecular weight excluding hydrogens is 1040 g/mol. The number of carbonyl (C=O) groups is 2. The number of nitrogens with two attached hydrogens (primary N) is 1. The van der Waals surface area contributed by atoms with Crippen molar-refractivity contribution in [2.24, 2.45) is 5.92 Å². The van der Waals surface area contributed by atoms with Crippen LogP contribution in [0.1, 0.15) is 207 Å². The molecule has 1 aliphatic heterocycles. The number of aromatic nitrogens is 2. The Kier molecular flexibility index (Phi) is 39.1. The number of anilines is 1. The minimum atomic E-state index is -5.45. The fraction of sp³-hybridized carbons (Fsp3) is 0.719. The molecule has 1 aromatic heterocycles. The first kappa shape index (κ1) is 70.5. The molecular formula is C57H97N3O16P2. The lowest BCUT2D eigenvalue weighted by atomic mass is 9.99. The number of ether oxygens (including phenoxy) is 3. The molecule has 2 rings (SSSR count). The molecule has 0 saturated carbocycles. The molecule has 0 radical (unpaired) electrons. The van der Waals surface area contributed by atoms with Crippen molar-refractivity contribution in [2.45, 2.75) is 237 Å². The highest BCUT2D eigenvalue weighted by Gasteiger charge is 2.46. The van der Waals surface area contributed by atoms with E-state index in [4.69, 9.17) is 29.0 Å². The Labute approximate surface area is 465 Å². The molecule has 1 saturated heterocycles. The van der Waals surface area contributed by atoms with Gasteiger partial charge < -0.3 is 45.1 Å². The lowest BCUT2D eigenvalue weighted by Gasteiger charge is -2.21. The molecule has 2 heterocycles. The second kappa shape index (κ2) is 43.2. The molecule has 78 heavy (non-hydrogen) atoms. The SMILES string of the molecule is CC/C=C\C/C=C\CC(O)/C=C/C=C\C/C=C\CCCC(=O)OC[C@H](COP(=O)(O)OP(=O)(O)OC[C@H]1O[C@@H](n2ccc(N)nc2=O)[C@H](O)[C@@H]1O)OC(=O)CCCCCCCCCCCCCCCCCCCCC(C)CC. The summed E-state index contributed by atoms with van der Waals surface area (Å²) in [6.07, 6.45) is 40.4. The van der Waals surface area contributed by atoms with E-state index < -0.39 is 89.8 Å². The second-order valence-electron chi connectivity index (χ2n) is 20.2. The molecule has 1 aromatic rings. The van der Waals surface area contributed by atoms with Gasteiger partial charge in [0.15, 0.2) is 12.3 Å². The van der Waals surface area contributed by atoms with E-state index in [0.29, 0.717) is 32.1 Å². The van der Waals surface area contributed by atoms with Gasteiger partial charge in [-0.15, -0.1) is 0 Å². The lowest BCUT2D eigenvalue weighted by molar-refractivity contribution is -0.161. The van der Waals surface area contributed by atoms with Crippen molar-refractivity contribution in [2.75, 3.05) is 25.6 Å². The molecule has 4 unspecified atom stereocenters. The first-order chi connectivity index (χ1) is 37.5. The zero-order valence-corrected chi connectivity index (χ0v) is 48.8. The molecule has 0 aliphatic carbocycles. The largest absolute Gasteiger partial charge is 0.481 e. The second-order valence-corrected chi connectivity index (χ2v) is 23.3. The normalized spacial score (nSPS) is 19.8. The Hall–Kier alpha value is -3.58. The Balaban J connectivity index is 1.78. The predicted octanol–water partition coefficient (Wildman–Crippen LogP) is 11.9. The zero-order valence-electron chi connectivity index (χ0n) is 47.0. The molecule has 9 atom stereocenters. The quantitative estimate of drug-likeness (QED) is 0.0116. The summed E-state index contributed by atoms with van der Waals surface area (Å²) < 4.78 is 56.9. The Morgan fingerprint density at radius 2 is 1.29 bits per heavy atom. The lowest BCUT2D eigenvalue weighted by Crippen LogP contribution is -2.36. The maximum absolute atomic E-state index is 12.9. The van der Waals surface area contributed by atoms with Crippen LogP contribution in [0.2, 0.25) is 0 Å². The van der Waals surface area contributed by atoms with Crippen molar-refractivity contribution in [1.82, 2.24) is 9.55 Å². The van der Waals surface area contributed by atoms with Gasteiger partial charge in [0.05, 0.1) is 19.3 Å². The number of carbonyl (C=O) groups excluding carboxylic acids is 2. The van der Waals surface area contributed by atoms with Crippen LogP contribution < -0.4 is 11.4 Å². The molecule has 1 fully saturated rings. The molecule has 21 heteroatoms. The summed E-state index contributed by atoms with van der Waals surface area (Å²) in [4.78, 5) is 62.1. The number of unbranched alkanes of at least 4 members (excludes halogenated alkanes) is 18. The van der Waals surface area contributed by atoms with Crippen LogP contribution in [0.4, 0.5) is 5.82 Å². The molecule has 446 valence electrons. The van der Waals surface area contributed by atoms with E-state index in [2.05, 4.69) is 42.2 Å². The average Bonchev–Trinajstić information content (AvgIpc) is 3.68. The maximum atomic E-state index is 12.9. The summed E-state index contributed by atoms with van der Waals surface area (Å²) >= 11 is 0. The number of hydrogen-bond acceptors (Lipinski definition) is 16. The van der Waals surface area contributed by atoms with Gasteiger partial charge in [0.25, 0.3) is 0 Å². The highest BCUT2D eigenvalue weighted by Crippen LogP contribution is 2.60. The summed E-state index contributed by atoms with van der Waals surface area (Å²) in [5, 5.41) is 31.0. The van der Waals surface area contributed by atoms with Crippen molar-refractivity contribution in [3.05, 3.63) is 83.5 Å². The molecule has 7 N–H and O–H groups in total. The van der Waals surface area contributed by atoms with Crippen molar-refractivity contribution in [3.8, 4) is 0 Å². The average molecular weight is 1140 g/mol. The fourth-order valence-corrected chi connectivity index (χ4v) is 10.5. The minimum Gasteiger partial charge on any atom is -0.462 e. The van der Waals surface area contributed by atoms with E-state index in [1.807, 2.05) is 36.5 Å². The smallest absolute Gasteiger partial charge is 0.462 e. The van der Waals surface area contributed by atoms with E-state index in [9.17, 15) is 48.6 Å². The Bertz CT molecular complexity index is 2080. The Morgan fingerprint density at radius 1 is 0.731 bits per heavy atom. The summed E-state index contributed by atoms with van der Waals surface area (Å²) in [6, 6.07) is 1.24. The predicted molar refractivity (Wildman–Crippen MR) is 304 cm³/mol. The van der Waals surface area contributed by atoms with Gasteiger partial charge in [-0.3, -0.25) is 23.2 Å². The van der Waals surface area contributed by atoms with E-state index in [0.717, 1.165) is 55.2 Å². The standard InChI is InChI=1S/C57H97N3O16P2/c1-4-6-7-8-28-33-38-48(61)39-34-29-24-21-22-25-30-35-40-52(62)71-44-49(74-53(63)41-36-31-26-20-18-16-14-12-10-9-11-13-15-17-19-23-27-32-37-47(3)5-2)45-72-77(67,68)76-78(69,70)73-46-50-54(64)55(65)56(75-50)60-43-42-51(58)59-57(60)66/h6-7,22,24-25,28-29,33-34,39,42-43,47-50,54-56,61,64-65H,4-5,8-21,23,26-27,30-32,35-38,40-41,44-46H2,1-3H3,(H,67,68)(H,69,70)(H2,58,59,66)/b7-6-,25-22-,29-24-,33-28-,39-34+/t47?,48?,49-,50-,54-,55-,56-/m1/s1. The molecule has 0 spiro atoms. The number of aliphatic hydroxyl groups is 3. The maximum Gasteiger partial charge on any atom is 0.481 e. The van der Waals surface area contributed by atoms with Gasteiger partial charge in [-0.25, -0.2) is 13.9 Å². The number of phosphoric acid groups is 2. The molecule has 0 bridgehead atoms. The fourth-order valence-electron chi connectivity index (χ4n) is 8.41. The van der Waals surface area contributed by atoms with Gasteiger partial charge in [0.1, 0.15) is 30.7 Å². The minimum absolute atomic E-state index is 0.0160. The third-order valence-electron chi connectivity index (χ3n) is 13.2. The van der Waals surface area contributed by atoms with E-state index in [-0.39, 0.29) is 18.7 Å². The van der Waals surface area contributed by atoms with Crippen LogP contribution in [0.5, 0.6) is 0 Å². The van der Waals surface area contributed by atoms with Gasteiger partial charge in [-0.05, 0) is 56.9 Å². The van der Waals surface area contributed by atoms with Crippen LogP contribution in [-0.4, -0.2) is 96.9 Å². The van der Waals surface area contributed by atoms with E-state index >= 15 is 0 Å². The van der Waals surface area contributed by atoms with Crippen molar-refractivity contribution < 1.29 is 71.4 Å². The first-order valence-electron chi connectivity index (χ1n) is 28.8. The van der Waals surface area contributed by atoms with Gasteiger partial charge in [-0.1, -0.05) is 204 Å². The molecule has 0 amide bonds. The third kappa shape index (κ3) is 35.2. The number of nitrogen functional groups attached to an aromatic ring is 1. The summed E-state index contributed by atoms with van der Waals surface area (Å²) in [6.45, 7) is 4.31. The summed E-state index contributed by atoms with van der Waals surface area (Å²) in [5.41, 5.74) is 4.59. The summed E-state index contributed by atoms with van der Waals surface area (Å²) in [5.74, 6) is -0.539. The van der Waals surface area contributed by atoms with Crippen LogP contribution in [0.25, 0.3) is 0 Å². The molecule has 19 nitrogen and oxygen atoms in total. The number of esters is 2. The van der Waals surface area contributed by atoms with Crippen molar-refractivity contribution in [3.63, 3.8) is 0 Å². The topological polar surface area (TPSA) is 286 Å². The van der Waals surface area contributed by atoms with Crippen molar-refractivity contribution in [1.29, 1.82) is 0 Å². The number of aliphatic hydroxyl groups excluding tert-OH is 3. The van der Waals surface area contributed by atoms with Crippen LogP contribution in [-0.2, 0) is 46.3 Å². The van der Waals surface area contributed by atoms with Crippen molar-refractivity contribution >= 4 is 33.4 Å². The number of nitrogens with zero attached hydrogens (tertiary/aromatic N) is 2. The number of allylic oxidation sites excluding steroid dienone is 8. The van der Waals surface area contributed by atoms with Gasteiger partial charge in [0.2, 0.25) is 0 Å². The number of phosphoric ester groups is 2. The third-order valence-corrected chi connectivity index (χ3v) is 15.8. The van der Waals surface area contributed by atoms with Gasteiger partial charge >= 0.3 is 33.3 Å². The highest BCUT2D eigenvalue weighted by molar-refractivity contribution is 7.61. The summed E-state index contributed by atoms with van der Waals surface area (Å²) in [7, 11) is -10.9. The van der Waals surface area contributed by atoms with Gasteiger partial charge in [0, 0.05) is 19.0 Å². The van der Waals surface area contributed by atoms with Crippen LogP contribution in [0.3, 0.4) is 0 Å². The first-order valence-corrected chi connectivity index (χ1v) is 31.8. The highest BCUT2D eigenvalue weighted by atomic mass is 31.3. The van der Waals surface area contributed by atoms with Gasteiger partial charge in [-0.2, -0.15) is 9.29 Å². The molecule has 1 aliphatic rings. The Morgan fingerprint density at radius 3 is 1.91 bits per heavy atom. The van der Waals surface area contributed by atoms with E-state index in [1.54, 1.807) is 12.2 Å². The zero-order chi connectivity index (χ0) is 57.3. The number of hydrogen-bond donors (Lipinski definition) is 6. The van der Waals surface area contributed by atoms with Crippen LogP contribution >= 0.6 is 15.6 Å². The van der Waals surface area contributed by atoms with E-state index in [1.165, 1.54) is 102 Å². The monoisotopic (exact) mass is 1140 g/mol.